The number of hydrogen-bond acceptors (Lipinski definition) is 6. The highest BCUT2D eigenvalue weighted by Gasteiger charge is 2.28. The van der Waals surface area contributed by atoms with Crippen LogP contribution in [0.25, 0.3) is 0 Å². The Morgan fingerprint density at radius 3 is 2.48 bits per heavy atom. The van der Waals surface area contributed by atoms with E-state index in [4.69, 9.17) is 14.6 Å². The Balaban J connectivity index is 2.98. The first-order valence-corrected chi connectivity index (χ1v) is 6.98. The van der Waals surface area contributed by atoms with E-state index < -0.39 is 24.2 Å². The molecule has 0 fully saturated rings. The number of ether oxygens (including phenoxy) is 3. The number of benzene rings is 1. The van der Waals surface area contributed by atoms with Crippen molar-refractivity contribution in [1.29, 1.82) is 0 Å². The number of carbonyl (C=O) groups excluding carboxylic acids is 1. The molecule has 1 rings (SSSR count). The molecule has 8 nitrogen and oxygen atoms in total. The van der Waals surface area contributed by atoms with Crippen molar-refractivity contribution in [2.45, 2.75) is 25.5 Å². The van der Waals surface area contributed by atoms with E-state index in [0.29, 0.717) is 23.7 Å². The molecule has 0 heterocycles. The number of aliphatic carboxylic acids is 1. The second-order valence-electron chi connectivity index (χ2n) is 4.65. The lowest BCUT2D eigenvalue weighted by Gasteiger charge is -2.21. The summed E-state index contributed by atoms with van der Waals surface area (Å²) in [5.74, 6) is -0.412. The molecule has 8 heteroatoms. The molecule has 23 heavy (non-hydrogen) atoms. The Labute approximate surface area is 134 Å². The number of carboxylic acids is 1. The molecular formula is C15H21NO7. The lowest BCUT2D eigenvalue weighted by Crippen LogP contribution is -2.48. The maximum Gasteiger partial charge on any atom is 0.407 e. The van der Waals surface area contributed by atoms with E-state index in [1.165, 1.54) is 7.11 Å². The van der Waals surface area contributed by atoms with Gasteiger partial charge in [0, 0.05) is 0 Å². The van der Waals surface area contributed by atoms with Crippen LogP contribution in [0.5, 0.6) is 11.5 Å². The van der Waals surface area contributed by atoms with Crippen LogP contribution in [-0.2, 0) is 16.0 Å². The summed E-state index contributed by atoms with van der Waals surface area (Å²) < 4.78 is 15.1. The summed E-state index contributed by atoms with van der Waals surface area (Å²) in [4.78, 5) is 22.3. The molecule has 2 unspecified atom stereocenters. The number of alkyl carbamates (subject to hydrolysis) is 1. The number of nitrogens with one attached hydrogen (secondary N) is 1. The van der Waals surface area contributed by atoms with E-state index in [-0.39, 0.29) is 6.42 Å². The molecule has 0 aliphatic heterocycles. The van der Waals surface area contributed by atoms with Gasteiger partial charge in [0.05, 0.1) is 26.9 Å². The molecule has 0 aliphatic carbocycles. The third-order valence-corrected chi connectivity index (χ3v) is 3.11. The van der Waals surface area contributed by atoms with Crippen LogP contribution >= 0.6 is 0 Å². The molecule has 0 spiro atoms. The van der Waals surface area contributed by atoms with Crippen molar-refractivity contribution >= 4 is 12.1 Å². The zero-order chi connectivity index (χ0) is 17.4. The van der Waals surface area contributed by atoms with E-state index in [0.717, 1.165) is 7.11 Å². The normalized spacial score (nSPS) is 12.9. The van der Waals surface area contributed by atoms with Gasteiger partial charge in [-0.15, -0.1) is 0 Å². The molecule has 1 aromatic carbocycles. The Morgan fingerprint density at radius 2 is 1.96 bits per heavy atom. The van der Waals surface area contributed by atoms with E-state index in [2.05, 4.69) is 10.1 Å². The average Bonchev–Trinajstić information content (AvgIpc) is 2.54. The topological polar surface area (TPSA) is 114 Å². The number of aliphatic hydroxyl groups is 1. The highest BCUT2D eigenvalue weighted by molar-refractivity contribution is 5.75. The predicted octanol–water partition coefficient (Wildman–Crippen LogP) is 0.806. The van der Waals surface area contributed by atoms with Crippen LogP contribution < -0.4 is 14.8 Å². The molecule has 0 saturated carbocycles. The summed E-state index contributed by atoms with van der Waals surface area (Å²) in [6.07, 6.45) is -2.52. The second kappa shape index (κ2) is 8.84. The standard InChI is InChI=1S/C15H21NO7/c1-4-23-11-6-5-9(8-12(11)21-2)7-10(13(17)14(18)19)16-15(20)22-3/h5-6,8,10,13,17H,4,7H2,1-3H3,(H,16,20)(H,18,19). The SMILES string of the molecule is CCOc1ccc(CC(NC(=O)OC)C(O)C(=O)O)cc1OC. The number of carboxylic acid groups (broad SMARTS) is 1. The van der Waals surface area contributed by atoms with E-state index >= 15 is 0 Å². The maximum absolute atomic E-state index is 11.3. The fraction of sp³-hybridized carbons (Fsp3) is 0.467. The van der Waals surface area contributed by atoms with Crippen molar-refractivity contribution in [3.63, 3.8) is 0 Å². The zero-order valence-electron chi connectivity index (χ0n) is 13.2. The van der Waals surface area contributed by atoms with Gasteiger partial charge in [-0.3, -0.25) is 0 Å². The first kappa shape index (κ1) is 18.6. The van der Waals surface area contributed by atoms with Crippen LogP contribution in [0.3, 0.4) is 0 Å². The average molecular weight is 327 g/mol. The van der Waals surface area contributed by atoms with Gasteiger partial charge in [0.25, 0.3) is 0 Å². The number of hydrogen-bond donors (Lipinski definition) is 3. The first-order valence-electron chi connectivity index (χ1n) is 6.98. The largest absolute Gasteiger partial charge is 0.493 e. The van der Waals surface area contributed by atoms with Gasteiger partial charge >= 0.3 is 12.1 Å². The Morgan fingerprint density at radius 1 is 1.26 bits per heavy atom. The Hall–Kier alpha value is -2.48. The summed E-state index contributed by atoms with van der Waals surface area (Å²) in [7, 11) is 2.64. The maximum atomic E-state index is 11.3. The fourth-order valence-corrected chi connectivity index (χ4v) is 1.99. The molecular weight excluding hydrogens is 306 g/mol. The molecule has 128 valence electrons. The highest BCUT2D eigenvalue weighted by atomic mass is 16.5. The van der Waals surface area contributed by atoms with Crippen LogP contribution in [0.1, 0.15) is 12.5 Å². The summed E-state index contributed by atoms with van der Waals surface area (Å²) >= 11 is 0. The summed E-state index contributed by atoms with van der Waals surface area (Å²) in [5, 5.41) is 21.0. The molecule has 0 saturated heterocycles. The van der Waals surface area contributed by atoms with Gasteiger partial charge in [-0.2, -0.15) is 0 Å². The van der Waals surface area contributed by atoms with Gasteiger partial charge < -0.3 is 29.7 Å². The summed E-state index contributed by atoms with van der Waals surface area (Å²) in [5.41, 5.74) is 0.659. The van der Waals surface area contributed by atoms with E-state index in [1.807, 2.05) is 6.92 Å². The van der Waals surface area contributed by atoms with Crippen molar-refractivity contribution in [1.82, 2.24) is 5.32 Å². The quantitative estimate of drug-likeness (QED) is 0.647. The van der Waals surface area contributed by atoms with Gasteiger partial charge in [-0.05, 0) is 31.0 Å². The molecule has 1 amide bonds. The van der Waals surface area contributed by atoms with Gasteiger partial charge in [0.2, 0.25) is 0 Å². The molecule has 0 radical (unpaired) electrons. The van der Waals surface area contributed by atoms with Crippen LogP contribution in [0, 0.1) is 0 Å². The number of methoxy groups -OCH3 is 2. The number of rotatable bonds is 8. The minimum Gasteiger partial charge on any atom is -0.493 e. The number of aliphatic hydroxyl groups excluding tert-OH is 1. The van der Waals surface area contributed by atoms with Crippen molar-refractivity contribution in [3.05, 3.63) is 23.8 Å². The Kier molecular flexibility index (Phi) is 7.14. The minimum absolute atomic E-state index is 0.0747. The van der Waals surface area contributed by atoms with Gasteiger partial charge in [0.15, 0.2) is 17.6 Å². The van der Waals surface area contributed by atoms with Gasteiger partial charge in [-0.1, -0.05) is 6.07 Å². The molecule has 0 aromatic heterocycles. The van der Waals surface area contributed by atoms with Crippen molar-refractivity contribution < 1.29 is 34.0 Å². The summed E-state index contributed by atoms with van der Waals surface area (Å²) in [6, 6.07) is 3.99. The zero-order valence-corrected chi connectivity index (χ0v) is 13.2. The van der Waals surface area contributed by atoms with Gasteiger partial charge in [0.1, 0.15) is 0 Å². The van der Waals surface area contributed by atoms with Crippen LogP contribution in [0.15, 0.2) is 18.2 Å². The lowest BCUT2D eigenvalue weighted by atomic mass is 10.0. The Bertz CT molecular complexity index is 547. The molecule has 1 aromatic rings. The highest BCUT2D eigenvalue weighted by Crippen LogP contribution is 2.28. The fourth-order valence-electron chi connectivity index (χ4n) is 1.99. The van der Waals surface area contributed by atoms with Crippen LogP contribution in [0.4, 0.5) is 4.79 Å². The molecule has 0 bridgehead atoms. The van der Waals surface area contributed by atoms with Crippen molar-refractivity contribution in [2.24, 2.45) is 0 Å². The number of carbonyl (C=O) groups is 2. The van der Waals surface area contributed by atoms with E-state index in [9.17, 15) is 14.7 Å². The smallest absolute Gasteiger partial charge is 0.407 e. The van der Waals surface area contributed by atoms with Crippen LogP contribution in [-0.4, -0.2) is 55.2 Å². The van der Waals surface area contributed by atoms with E-state index in [1.54, 1.807) is 18.2 Å². The molecule has 2 atom stereocenters. The summed E-state index contributed by atoms with van der Waals surface area (Å²) in [6.45, 7) is 2.31. The first-order chi connectivity index (χ1) is 10.9. The predicted molar refractivity (Wildman–Crippen MR) is 80.8 cm³/mol. The molecule has 0 aliphatic rings. The van der Waals surface area contributed by atoms with Crippen LogP contribution in [0.2, 0.25) is 0 Å². The third-order valence-electron chi connectivity index (χ3n) is 3.11. The minimum atomic E-state index is -1.77. The van der Waals surface area contributed by atoms with Gasteiger partial charge in [-0.25, -0.2) is 9.59 Å². The monoisotopic (exact) mass is 327 g/mol. The number of amides is 1. The lowest BCUT2D eigenvalue weighted by molar-refractivity contribution is -0.148. The molecule has 3 N–H and O–H groups in total. The third kappa shape index (κ3) is 5.33. The second-order valence-corrected chi connectivity index (χ2v) is 4.65. The van der Waals surface area contributed by atoms with Crippen molar-refractivity contribution in [3.8, 4) is 11.5 Å². The van der Waals surface area contributed by atoms with Crippen molar-refractivity contribution in [2.75, 3.05) is 20.8 Å².